The summed E-state index contributed by atoms with van der Waals surface area (Å²) >= 11 is 0. The third-order valence-corrected chi connectivity index (χ3v) is 4.24. The molecule has 1 heteroatoms. The van der Waals surface area contributed by atoms with E-state index in [-0.39, 0.29) is 5.54 Å². The molecular formula is C19H33N. The fourth-order valence-electron chi connectivity index (χ4n) is 2.72. The Labute approximate surface area is 126 Å². The van der Waals surface area contributed by atoms with Crippen LogP contribution in [0.5, 0.6) is 0 Å². The van der Waals surface area contributed by atoms with Crippen LogP contribution in [0.25, 0.3) is 0 Å². The number of aryl methyl sites for hydroxylation is 2. The van der Waals surface area contributed by atoms with Gasteiger partial charge in [-0.15, -0.1) is 0 Å². The summed E-state index contributed by atoms with van der Waals surface area (Å²) < 4.78 is 0. The van der Waals surface area contributed by atoms with Crippen molar-refractivity contribution in [2.75, 3.05) is 6.54 Å². The molecule has 2 unspecified atom stereocenters. The highest BCUT2D eigenvalue weighted by Crippen LogP contribution is 2.29. The predicted molar refractivity (Wildman–Crippen MR) is 90.5 cm³/mol. The zero-order chi connectivity index (χ0) is 15.3. The van der Waals surface area contributed by atoms with Crippen molar-refractivity contribution >= 4 is 0 Å². The maximum Gasteiger partial charge on any atom is 0.00967 e. The molecule has 0 aliphatic heterocycles. The van der Waals surface area contributed by atoms with E-state index in [0.717, 1.165) is 12.5 Å². The lowest BCUT2D eigenvalue weighted by Gasteiger charge is -2.30. The molecule has 1 aromatic carbocycles. The van der Waals surface area contributed by atoms with Crippen LogP contribution in [0, 0.1) is 19.8 Å². The van der Waals surface area contributed by atoms with Gasteiger partial charge in [-0.05, 0) is 63.1 Å². The lowest BCUT2D eigenvalue weighted by atomic mass is 9.83. The smallest absolute Gasteiger partial charge is 0.00967 e. The summed E-state index contributed by atoms with van der Waals surface area (Å²) in [4.78, 5) is 0. The first-order valence-corrected chi connectivity index (χ1v) is 8.06. The molecule has 0 heterocycles. The van der Waals surface area contributed by atoms with Crippen LogP contribution >= 0.6 is 0 Å². The molecule has 1 aromatic rings. The Balaban J connectivity index is 2.93. The third kappa shape index (κ3) is 5.28. The summed E-state index contributed by atoms with van der Waals surface area (Å²) in [6.45, 7) is 16.9. The number of benzene rings is 1. The summed E-state index contributed by atoms with van der Waals surface area (Å²) in [5, 5.41) is 3.69. The Morgan fingerprint density at radius 1 is 1.10 bits per heavy atom. The van der Waals surface area contributed by atoms with Crippen molar-refractivity contribution in [2.24, 2.45) is 5.92 Å². The number of hydrogen-bond acceptors (Lipinski definition) is 1. The first-order chi connectivity index (χ1) is 9.24. The molecule has 0 spiro atoms. The molecule has 0 fully saturated rings. The Hall–Kier alpha value is -0.820. The van der Waals surface area contributed by atoms with Crippen LogP contribution in [0.1, 0.15) is 70.1 Å². The van der Waals surface area contributed by atoms with Gasteiger partial charge in [0.1, 0.15) is 0 Å². The highest BCUT2D eigenvalue weighted by Gasteiger charge is 2.21. The Bertz CT molecular complexity index is 414. The van der Waals surface area contributed by atoms with Crippen LogP contribution in [0.3, 0.4) is 0 Å². The average molecular weight is 275 g/mol. The van der Waals surface area contributed by atoms with Gasteiger partial charge < -0.3 is 5.32 Å². The fraction of sp³-hybridized carbons (Fsp3) is 0.684. The zero-order valence-corrected chi connectivity index (χ0v) is 14.5. The molecule has 1 rings (SSSR count). The molecule has 20 heavy (non-hydrogen) atoms. The van der Waals surface area contributed by atoms with E-state index < -0.39 is 0 Å². The van der Waals surface area contributed by atoms with Crippen LogP contribution in [-0.2, 0) is 0 Å². The van der Waals surface area contributed by atoms with Crippen LogP contribution in [0.2, 0.25) is 0 Å². The highest BCUT2D eigenvalue weighted by atomic mass is 14.9. The normalized spacial score (nSPS) is 15.2. The van der Waals surface area contributed by atoms with Gasteiger partial charge in [0.05, 0.1) is 0 Å². The van der Waals surface area contributed by atoms with Gasteiger partial charge in [0.2, 0.25) is 0 Å². The third-order valence-electron chi connectivity index (χ3n) is 4.24. The minimum Gasteiger partial charge on any atom is -0.311 e. The van der Waals surface area contributed by atoms with Gasteiger partial charge in [-0.25, -0.2) is 0 Å². The molecule has 0 saturated heterocycles. The van der Waals surface area contributed by atoms with Crippen molar-refractivity contribution < 1.29 is 0 Å². The van der Waals surface area contributed by atoms with Gasteiger partial charge in [0, 0.05) is 12.1 Å². The summed E-state index contributed by atoms with van der Waals surface area (Å²) in [6, 6.07) is 6.98. The lowest BCUT2D eigenvalue weighted by molar-refractivity contribution is 0.348. The van der Waals surface area contributed by atoms with Gasteiger partial charge in [0.15, 0.2) is 0 Å². The first kappa shape index (κ1) is 17.2. The van der Waals surface area contributed by atoms with Gasteiger partial charge in [-0.3, -0.25) is 0 Å². The molecule has 0 amide bonds. The number of nitrogens with one attached hydrogen (secondary N) is 1. The van der Waals surface area contributed by atoms with Gasteiger partial charge in [-0.1, -0.05) is 44.9 Å². The first-order valence-electron chi connectivity index (χ1n) is 8.06. The predicted octanol–water partition coefficient (Wildman–Crippen LogP) is 5.21. The molecular weight excluding hydrogens is 242 g/mol. The monoisotopic (exact) mass is 275 g/mol. The minimum absolute atomic E-state index is 0.184. The van der Waals surface area contributed by atoms with Crippen molar-refractivity contribution in [2.45, 2.75) is 72.8 Å². The molecule has 0 aromatic heterocycles. The second kappa shape index (κ2) is 7.26. The summed E-state index contributed by atoms with van der Waals surface area (Å²) in [6.07, 6.45) is 2.56. The Morgan fingerprint density at radius 3 is 2.25 bits per heavy atom. The molecule has 0 bridgehead atoms. The van der Waals surface area contributed by atoms with E-state index in [2.05, 4.69) is 72.0 Å². The number of rotatable bonds is 6. The van der Waals surface area contributed by atoms with Crippen LogP contribution < -0.4 is 5.32 Å². The molecule has 1 N–H and O–H groups in total. The second-order valence-electron chi connectivity index (χ2n) is 7.35. The Kier molecular flexibility index (Phi) is 6.26. The average Bonchev–Trinajstić information content (AvgIpc) is 2.32. The number of hydrogen-bond donors (Lipinski definition) is 1. The molecule has 0 saturated carbocycles. The van der Waals surface area contributed by atoms with Crippen molar-refractivity contribution in [3.63, 3.8) is 0 Å². The standard InChI is InChI=1S/C19H33N/c1-8-9-15(3)18(13-20-19(5,6)7)17-11-10-14(2)16(4)12-17/h10-12,15,18,20H,8-9,13H2,1-7H3. The van der Waals surface area contributed by atoms with Crippen molar-refractivity contribution in [3.05, 3.63) is 34.9 Å². The SMILES string of the molecule is CCCC(C)C(CNC(C)(C)C)c1ccc(C)c(C)c1. The highest BCUT2D eigenvalue weighted by molar-refractivity contribution is 5.32. The van der Waals surface area contributed by atoms with E-state index in [0.29, 0.717) is 5.92 Å². The molecule has 0 aliphatic carbocycles. The van der Waals surface area contributed by atoms with Gasteiger partial charge >= 0.3 is 0 Å². The van der Waals surface area contributed by atoms with E-state index >= 15 is 0 Å². The van der Waals surface area contributed by atoms with Crippen molar-refractivity contribution in [1.82, 2.24) is 5.32 Å². The van der Waals surface area contributed by atoms with Crippen molar-refractivity contribution in [3.8, 4) is 0 Å². The van der Waals surface area contributed by atoms with Crippen LogP contribution in [-0.4, -0.2) is 12.1 Å². The topological polar surface area (TPSA) is 12.0 Å². The van der Waals surface area contributed by atoms with E-state index in [4.69, 9.17) is 0 Å². The summed E-state index contributed by atoms with van der Waals surface area (Å²) in [7, 11) is 0. The fourth-order valence-corrected chi connectivity index (χ4v) is 2.72. The van der Waals surface area contributed by atoms with E-state index in [1.54, 1.807) is 0 Å². The van der Waals surface area contributed by atoms with E-state index in [1.165, 1.54) is 29.5 Å². The van der Waals surface area contributed by atoms with Gasteiger partial charge in [-0.2, -0.15) is 0 Å². The molecule has 1 nitrogen and oxygen atoms in total. The summed E-state index contributed by atoms with van der Waals surface area (Å²) in [5.74, 6) is 1.32. The second-order valence-corrected chi connectivity index (χ2v) is 7.35. The van der Waals surface area contributed by atoms with Gasteiger partial charge in [0.25, 0.3) is 0 Å². The molecule has 0 aliphatic rings. The molecule has 2 atom stereocenters. The summed E-state index contributed by atoms with van der Waals surface area (Å²) in [5.41, 5.74) is 4.47. The zero-order valence-electron chi connectivity index (χ0n) is 14.5. The van der Waals surface area contributed by atoms with Crippen LogP contribution in [0.15, 0.2) is 18.2 Å². The largest absolute Gasteiger partial charge is 0.311 e. The minimum atomic E-state index is 0.184. The molecule has 114 valence electrons. The maximum absolute atomic E-state index is 3.69. The van der Waals surface area contributed by atoms with E-state index in [1.807, 2.05) is 0 Å². The quantitative estimate of drug-likeness (QED) is 0.751. The Morgan fingerprint density at radius 2 is 1.75 bits per heavy atom. The lowest BCUT2D eigenvalue weighted by Crippen LogP contribution is -2.39. The van der Waals surface area contributed by atoms with Crippen molar-refractivity contribution in [1.29, 1.82) is 0 Å². The maximum atomic E-state index is 3.69. The van der Waals surface area contributed by atoms with E-state index in [9.17, 15) is 0 Å². The van der Waals surface area contributed by atoms with Crippen LogP contribution in [0.4, 0.5) is 0 Å². The molecule has 0 radical (unpaired) electrons.